The quantitative estimate of drug-likeness (QED) is 0.811. The molecular weight excluding hydrogens is 403 g/mol. The predicted octanol–water partition coefficient (Wildman–Crippen LogP) is 3.86. The topological polar surface area (TPSA) is 61.4 Å². The maximum atomic E-state index is 12.7. The van der Waals surface area contributed by atoms with Crippen molar-refractivity contribution in [1.82, 2.24) is 20.2 Å². The second-order valence-corrected chi connectivity index (χ2v) is 8.91. The number of thiophene rings is 1. The van der Waals surface area contributed by atoms with Crippen LogP contribution in [0.15, 0.2) is 29.9 Å². The summed E-state index contributed by atoms with van der Waals surface area (Å²) in [6.07, 6.45) is 0.865. The van der Waals surface area contributed by atoms with Gasteiger partial charge in [-0.2, -0.15) is 13.2 Å². The zero-order valence-corrected chi connectivity index (χ0v) is 17.0. The van der Waals surface area contributed by atoms with E-state index in [-0.39, 0.29) is 17.3 Å². The molecule has 0 atom stereocenters. The lowest BCUT2D eigenvalue weighted by molar-refractivity contribution is -0.144. The molecule has 2 aliphatic rings. The summed E-state index contributed by atoms with van der Waals surface area (Å²) in [6, 6.07) is 3.89. The first-order valence-corrected chi connectivity index (χ1v) is 10.2. The third kappa shape index (κ3) is 3.48. The first-order valence-electron chi connectivity index (χ1n) is 9.36. The molecule has 29 heavy (non-hydrogen) atoms. The molecule has 1 aliphatic carbocycles. The highest BCUT2D eigenvalue weighted by Gasteiger charge is 2.50. The van der Waals surface area contributed by atoms with E-state index in [1.54, 1.807) is 11.3 Å². The molecule has 1 aliphatic heterocycles. The van der Waals surface area contributed by atoms with E-state index in [0.717, 1.165) is 38.1 Å². The number of halogens is 3. The predicted molar refractivity (Wildman–Crippen MR) is 104 cm³/mol. The van der Waals surface area contributed by atoms with E-state index in [9.17, 15) is 18.0 Å². The van der Waals surface area contributed by atoms with Gasteiger partial charge in [-0.1, -0.05) is 6.07 Å². The molecule has 1 saturated heterocycles. The average molecular weight is 425 g/mol. The summed E-state index contributed by atoms with van der Waals surface area (Å²) in [5.74, 6) is -1.21. The Hall–Kier alpha value is -2.20. The number of aromatic nitrogens is 2. The molecule has 3 heterocycles. The van der Waals surface area contributed by atoms with Gasteiger partial charge in [0.05, 0.1) is 35.7 Å². The number of alkyl halides is 3. The lowest BCUT2D eigenvalue weighted by Gasteiger charge is -2.47. The van der Waals surface area contributed by atoms with Gasteiger partial charge in [0.25, 0.3) is 0 Å². The number of amides is 2. The molecule has 6 nitrogen and oxygen atoms in total. The van der Waals surface area contributed by atoms with E-state index in [2.05, 4.69) is 51.8 Å². The molecule has 0 aromatic carbocycles. The largest absolute Gasteiger partial charge is 0.451 e. The Labute approximate surface area is 170 Å². The molecule has 0 radical (unpaired) electrons. The van der Waals surface area contributed by atoms with Gasteiger partial charge in [-0.05, 0) is 51.2 Å². The van der Waals surface area contributed by atoms with Gasteiger partial charge in [-0.25, -0.2) is 14.8 Å². The monoisotopic (exact) mass is 425 g/mol. The minimum Gasteiger partial charge on any atom is -0.330 e. The highest BCUT2D eigenvalue weighted by atomic mass is 32.1. The zero-order chi connectivity index (χ0) is 20.9. The average Bonchev–Trinajstić information content (AvgIpc) is 3.31. The number of carbonyl (C=O) groups excluding carboxylic acids is 1. The highest BCUT2D eigenvalue weighted by molar-refractivity contribution is 7.10. The summed E-state index contributed by atoms with van der Waals surface area (Å²) >= 11 is 1.74. The third-order valence-corrected chi connectivity index (χ3v) is 7.21. The van der Waals surface area contributed by atoms with Crippen LogP contribution in [0, 0.1) is 0 Å². The lowest BCUT2D eigenvalue weighted by Crippen LogP contribution is -2.53. The first-order chi connectivity index (χ1) is 13.7. The van der Waals surface area contributed by atoms with Crippen LogP contribution in [-0.4, -0.2) is 47.1 Å². The first kappa shape index (κ1) is 20.1. The molecule has 0 unspecified atom stereocenters. The zero-order valence-electron chi connectivity index (χ0n) is 16.2. The van der Waals surface area contributed by atoms with Crippen molar-refractivity contribution in [3.63, 3.8) is 0 Å². The van der Waals surface area contributed by atoms with E-state index in [4.69, 9.17) is 0 Å². The number of rotatable bonds is 3. The van der Waals surface area contributed by atoms with Crippen molar-refractivity contribution in [3.05, 3.63) is 40.6 Å². The Kier molecular flexibility index (Phi) is 4.81. The number of anilines is 1. The van der Waals surface area contributed by atoms with Crippen LogP contribution in [0.2, 0.25) is 0 Å². The van der Waals surface area contributed by atoms with Crippen molar-refractivity contribution < 1.29 is 18.0 Å². The molecule has 156 valence electrons. The standard InChI is InChI=1S/C19H22F3N5OS/c1-26(2)18(14-4-3-9-29-14)7-5-17(6-8-18)12-27(16(28)25-17)13-10-23-15(24-11-13)19(20,21)22/h3-4,9-11H,5-8,12H2,1-2H3,(H,25,28)/t17-,18+. The maximum absolute atomic E-state index is 12.7. The van der Waals surface area contributed by atoms with Gasteiger partial charge < -0.3 is 5.32 Å². The fourth-order valence-electron chi connectivity index (χ4n) is 4.41. The molecule has 2 amide bonds. The maximum Gasteiger partial charge on any atom is 0.451 e. The van der Waals surface area contributed by atoms with Crippen LogP contribution >= 0.6 is 11.3 Å². The minimum absolute atomic E-state index is 0.0605. The van der Waals surface area contributed by atoms with E-state index in [0.29, 0.717) is 6.54 Å². The van der Waals surface area contributed by atoms with Crippen LogP contribution < -0.4 is 10.2 Å². The number of nitrogens with one attached hydrogen (secondary N) is 1. The second kappa shape index (κ2) is 6.94. The molecule has 0 bridgehead atoms. The SMILES string of the molecule is CN(C)[C@]1(c2cccs2)CC[C@]2(CC1)CN(c1cnc(C(F)(F)F)nc1)C(=O)N2. The summed E-state index contributed by atoms with van der Waals surface area (Å²) in [4.78, 5) is 24.3. The van der Waals surface area contributed by atoms with Crippen LogP contribution in [0.4, 0.5) is 23.7 Å². The molecule has 1 spiro atoms. The smallest absolute Gasteiger partial charge is 0.330 e. The Morgan fingerprint density at radius 1 is 1.17 bits per heavy atom. The van der Waals surface area contributed by atoms with Gasteiger partial charge in [0.1, 0.15) is 0 Å². The number of urea groups is 1. The van der Waals surface area contributed by atoms with Gasteiger partial charge in [0.2, 0.25) is 5.82 Å². The molecule has 1 N–H and O–H groups in total. The molecule has 10 heteroatoms. The minimum atomic E-state index is -4.60. The number of hydrogen-bond donors (Lipinski definition) is 1. The fourth-order valence-corrected chi connectivity index (χ4v) is 5.47. The Balaban J connectivity index is 1.51. The lowest BCUT2D eigenvalue weighted by atomic mass is 9.71. The number of nitrogens with zero attached hydrogens (tertiary/aromatic N) is 4. The second-order valence-electron chi connectivity index (χ2n) is 7.96. The Bertz CT molecular complexity index is 874. The molecule has 4 rings (SSSR count). The molecular formula is C19H22F3N5OS. The normalized spacial score (nSPS) is 27.7. The Morgan fingerprint density at radius 2 is 1.83 bits per heavy atom. The molecule has 2 aromatic rings. The van der Waals surface area contributed by atoms with Crippen LogP contribution in [0.1, 0.15) is 36.4 Å². The van der Waals surface area contributed by atoms with Gasteiger partial charge >= 0.3 is 12.2 Å². The van der Waals surface area contributed by atoms with Crippen molar-refractivity contribution in [2.75, 3.05) is 25.5 Å². The highest BCUT2D eigenvalue weighted by Crippen LogP contribution is 2.47. The van der Waals surface area contributed by atoms with E-state index < -0.39 is 17.5 Å². The van der Waals surface area contributed by atoms with Crippen LogP contribution in [0.25, 0.3) is 0 Å². The fraction of sp³-hybridized carbons (Fsp3) is 0.526. The van der Waals surface area contributed by atoms with Gasteiger partial charge in [0.15, 0.2) is 0 Å². The Morgan fingerprint density at radius 3 is 2.34 bits per heavy atom. The van der Waals surface area contributed by atoms with E-state index in [1.807, 2.05) is 0 Å². The number of carbonyl (C=O) groups is 1. The van der Waals surface area contributed by atoms with Gasteiger partial charge in [-0.15, -0.1) is 11.3 Å². The van der Waals surface area contributed by atoms with Crippen molar-refractivity contribution >= 4 is 23.1 Å². The van der Waals surface area contributed by atoms with E-state index >= 15 is 0 Å². The van der Waals surface area contributed by atoms with Crippen molar-refractivity contribution in [1.29, 1.82) is 0 Å². The van der Waals surface area contributed by atoms with Crippen LogP contribution in [0.5, 0.6) is 0 Å². The molecule has 2 fully saturated rings. The summed E-state index contributed by atoms with van der Waals surface area (Å²) in [6.45, 7) is 0.397. The third-order valence-electron chi connectivity index (χ3n) is 6.15. The van der Waals surface area contributed by atoms with Crippen molar-refractivity contribution in [2.45, 2.75) is 42.9 Å². The number of hydrogen-bond acceptors (Lipinski definition) is 5. The van der Waals surface area contributed by atoms with Crippen LogP contribution in [0.3, 0.4) is 0 Å². The molecule has 1 saturated carbocycles. The summed E-state index contributed by atoms with van der Waals surface area (Å²) < 4.78 is 38.1. The van der Waals surface area contributed by atoms with E-state index in [1.165, 1.54) is 9.78 Å². The van der Waals surface area contributed by atoms with Crippen molar-refractivity contribution in [2.24, 2.45) is 0 Å². The summed E-state index contributed by atoms with van der Waals surface area (Å²) in [5, 5.41) is 5.16. The summed E-state index contributed by atoms with van der Waals surface area (Å²) in [7, 11) is 4.16. The van der Waals surface area contributed by atoms with Gasteiger partial charge in [-0.3, -0.25) is 9.80 Å². The van der Waals surface area contributed by atoms with Crippen LogP contribution in [-0.2, 0) is 11.7 Å². The summed E-state index contributed by atoms with van der Waals surface area (Å²) in [5.41, 5.74) is -0.180. The van der Waals surface area contributed by atoms with Gasteiger partial charge in [0, 0.05) is 4.88 Å². The molecule has 2 aromatic heterocycles. The van der Waals surface area contributed by atoms with Crippen molar-refractivity contribution in [3.8, 4) is 0 Å².